The van der Waals surface area contributed by atoms with Gasteiger partial charge in [-0.05, 0) is 37.3 Å². The van der Waals surface area contributed by atoms with E-state index in [2.05, 4.69) is 10.3 Å². The molecular weight excluding hydrogens is 342 g/mol. The van der Waals surface area contributed by atoms with Gasteiger partial charge in [-0.2, -0.15) is 5.26 Å². The summed E-state index contributed by atoms with van der Waals surface area (Å²) in [5, 5.41) is 11.8. The van der Waals surface area contributed by atoms with Gasteiger partial charge in [-0.3, -0.25) is 4.79 Å². The van der Waals surface area contributed by atoms with Gasteiger partial charge in [0.1, 0.15) is 18.8 Å². The zero-order valence-electron chi connectivity index (χ0n) is 15.1. The number of pyridine rings is 1. The molecule has 1 aromatic heterocycles. The van der Waals surface area contributed by atoms with Gasteiger partial charge in [0.25, 0.3) is 0 Å². The maximum atomic E-state index is 12.0. The second-order valence-corrected chi connectivity index (χ2v) is 6.63. The Balaban J connectivity index is 1.33. The summed E-state index contributed by atoms with van der Waals surface area (Å²) in [6.07, 6.45) is 5.05. The Morgan fingerprint density at radius 3 is 2.59 bits per heavy atom. The number of rotatable bonds is 7. The van der Waals surface area contributed by atoms with Crippen molar-refractivity contribution in [3.8, 4) is 11.9 Å². The number of hydrogen-bond donors (Lipinski definition) is 1. The molecule has 1 aromatic carbocycles. The van der Waals surface area contributed by atoms with E-state index < -0.39 is 0 Å². The molecule has 1 fully saturated rings. The van der Waals surface area contributed by atoms with E-state index in [0.29, 0.717) is 18.1 Å². The normalized spacial score (nSPS) is 19.1. The van der Waals surface area contributed by atoms with Crippen LogP contribution < -0.4 is 10.1 Å². The average molecular weight is 365 g/mol. The van der Waals surface area contributed by atoms with Crippen LogP contribution in [0, 0.1) is 11.3 Å². The first-order chi connectivity index (χ1) is 13.2. The van der Waals surface area contributed by atoms with Gasteiger partial charge in [0.05, 0.1) is 12.2 Å². The Hall–Kier alpha value is -2.91. The number of nitrogens with zero attached hydrogens (tertiary/aromatic N) is 2. The van der Waals surface area contributed by atoms with Crippen LogP contribution in [0.1, 0.15) is 36.8 Å². The van der Waals surface area contributed by atoms with Crippen molar-refractivity contribution in [3.63, 3.8) is 0 Å². The Labute approximate surface area is 159 Å². The van der Waals surface area contributed by atoms with Crippen molar-refractivity contribution < 1.29 is 14.3 Å². The number of amides is 1. The Morgan fingerprint density at radius 2 is 1.93 bits per heavy atom. The molecule has 0 bridgehead atoms. The van der Waals surface area contributed by atoms with Crippen LogP contribution in [0.5, 0.6) is 5.88 Å². The summed E-state index contributed by atoms with van der Waals surface area (Å²) in [6.45, 7) is 0.507. The third kappa shape index (κ3) is 6.08. The molecule has 140 valence electrons. The van der Waals surface area contributed by atoms with E-state index in [0.717, 1.165) is 31.2 Å². The molecule has 0 unspecified atom stereocenters. The smallest absolute Gasteiger partial charge is 0.246 e. The van der Waals surface area contributed by atoms with Gasteiger partial charge >= 0.3 is 0 Å². The molecule has 0 spiro atoms. The molecule has 3 rings (SSSR count). The molecule has 1 saturated carbocycles. The third-order valence-electron chi connectivity index (χ3n) is 4.54. The molecule has 1 amide bonds. The van der Waals surface area contributed by atoms with E-state index in [9.17, 15) is 4.79 Å². The van der Waals surface area contributed by atoms with Crippen LogP contribution in [-0.4, -0.2) is 29.6 Å². The van der Waals surface area contributed by atoms with Gasteiger partial charge in [0.15, 0.2) is 0 Å². The van der Waals surface area contributed by atoms with E-state index in [-0.39, 0.29) is 24.7 Å². The number of nitrogens with one attached hydrogen (secondary N) is 1. The summed E-state index contributed by atoms with van der Waals surface area (Å²) in [5.74, 6) is 0.458. The fourth-order valence-electron chi connectivity index (χ4n) is 3.12. The van der Waals surface area contributed by atoms with Crippen LogP contribution in [0.2, 0.25) is 0 Å². The van der Waals surface area contributed by atoms with E-state index in [1.54, 1.807) is 12.1 Å². The minimum atomic E-state index is -0.0796. The fourth-order valence-corrected chi connectivity index (χ4v) is 3.12. The number of nitriles is 1. The van der Waals surface area contributed by atoms with Gasteiger partial charge in [-0.15, -0.1) is 0 Å². The Morgan fingerprint density at radius 1 is 1.15 bits per heavy atom. The van der Waals surface area contributed by atoms with Gasteiger partial charge in [-0.1, -0.05) is 30.3 Å². The third-order valence-corrected chi connectivity index (χ3v) is 4.54. The molecule has 1 aliphatic rings. The molecule has 0 saturated heterocycles. The number of ether oxygens (including phenoxy) is 2. The number of benzene rings is 1. The van der Waals surface area contributed by atoms with Gasteiger partial charge in [-0.25, -0.2) is 4.98 Å². The summed E-state index contributed by atoms with van der Waals surface area (Å²) in [4.78, 5) is 16.2. The molecular formula is C21H23N3O3. The summed E-state index contributed by atoms with van der Waals surface area (Å²) in [5.41, 5.74) is 1.57. The Kier molecular flexibility index (Phi) is 6.78. The molecule has 1 N–H and O–H groups in total. The second kappa shape index (κ2) is 9.70. The van der Waals surface area contributed by atoms with Crippen LogP contribution in [0.25, 0.3) is 0 Å². The number of carbonyl (C=O) groups excluding carboxylic acids is 1. The van der Waals surface area contributed by atoms with Crippen molar-refractivity contribution in [1.29, 1.82) is 5.26 Å². The molecule has 27 heavy (non-hydrogen) atoms. The van der Waals surface area contributed by atoms with Crippen molar-refractivity contribution in [1.82, 2.24) is 10.3 Å². The summed E-state index contributed by atoms with van der Waals surface area (Å²) in [6, 6.07) is 15.4. The van der Waals surface area contributed by atoms with Crippen LogP contribution in [0.3, 0.4) is 0 Å². The summed E-state index contributed by atoms with van der Waals surface area (Å²) < 4.78 is 11.3. The molecule has 6 heteroatoms. The minimum Gasteiger partial charge on any atom is -0.474 e. The fraction of sp³-hybridized carbons (Fsp3) is 0.381. The van der Waals surface area contributed by atoms with Gasteiger partial charge < -0.3 is 14.8 Å². The highest BCUT2D eigenvalue weighted by molar-refractivity contribution is 5.77. The minimum absolute atomic E-state index is 0.0699. The van der Waals surface area contributed by atoms with E-state index in [1.165, 1.54) is 6.20 Å². The van der Waals surface area contributed by atoms with E-state index in [4.69, 9.17) is 14.7 Å². The first kappa shape index (κ1) is 18.9. The largest absolute Gasteiger partial charge is 0.474 e. The average Bonchev–Trinajstić information content (AvgIpc) is 2.71. The van der Waals surface area contributed by atoms with Crippen molar-refractivity contribution in [3.05, 3.63) is 59.8 Å². The molecule has 0 aliphatic heterocycles. The van der Waals surface area contributed by atoms with Crippen LogP contribution in [0.4, 0.5) is 0 Å². The van der Waals surface area contributed by atoms with Crippen LogP contribution >= 0.6 is 0 Å². The zero-order chi connectivity index (χ0) is 18.9. The van der Waals surface area contributed by atoms with Crippen LogP contribution in [-0.2, 0) is 16.1 Å². The number of aromatic nitrogens is 1. The number of carbonyl (C=O) groups is 1. The SMILES string of the molecule is N#Cc1ccc(OC2CCC(NC(=O)COCc3ccccc3)CC2)nc1. The van der Waals surface area contributed by atoms with Crippen molar-refractivity contribution in [2.75, 3.05) is 6.61 Å². The van der Waals surface area contributed by atoms with Crippen molar-refractivity contribution >= 4 is 5.91 Å². The molecule has 0 radical (unpaired) electrons. The summed E-state index contributed by atoms with van der Waals surface area (Å²) >= 11 is 0. The van der Waals surface area contributed by atoms with Crippen molar-refractivity contribution in [2.45, 2.75) is 44.4 Å². The maximum absolute atomic E-state index is 12.0. The monoisotopic (exact) mass is 365 g/mol. The molecule has 1 aliphatic carbocycles. The number of hydrogen-bond acceptors (Lipinski definition) is 5. The second-order valence-electron chi connectivity index (χ2n) is 6.63. The lowest BCUT2D eigenvalue weighted by atomic mass is 9.93. The standard InChI is InChI=1S/C21H23N3O3/c22-12-17-6-11-21(23-13-17)27-19-9-7-18(8-10-19)24-20(25)15-26-14-16-4-2-1-3-5-16/h1-6,11,13,18-19H,7-10,14-15H2,(H,24,25). The van der Waals surface area contributed by atoms with Gasteiger partial charge in [0, 0.05) is 18.3 Å². The zero-order valence-corrected chi connectivity index (χ0v) is 15.1. The molecule has 1 heterocycles. The maximum Gasteiger partial charge on any atom is 0.246 e. The van der Waals surface area contributed by atoms with Crippen molar-refractivity contribution in [2.24, 2.45) is 0 Å². The van der Waals surface area contributed by atoms with Gasteiger partial charge in [0.2, 0.25) is 11.8 Å². The Bertz CT molecular complexity index is 764. The summed E-state index contributed by atoms with van der Waals surface area (Å²) in [7, 11) is 0. The molecule has 0 atom stereocenters. The van der Waals surface area contributed by atoms with Crippen LogP contribution in [0.15, 0.2) is 48.7 Å². The predicted molar refractivity (Wildman–Crippen MR) is 99.9 cm³/mol. The highest BCUT2D eigenvalue weighted by atomic mass is 16.5. The molecule has 2 aromatic rings. The topological polar surface area (TPSA) is 84.2 Å². The lowest BCUT2D eigenvalue weighted by molar-refractivity contribution is -0.127. The predicted octanol–water partition coefficient (Wildman–Crippen LogP) is 2.98. The lowest BCUT2D eigenvalue weighted by Crippen LogP contribution is -2.41. The lowest BCUT2D eigenvalue weighted by Gasteiger charge is -2.29. The first-order valence-electron chi connectivity index (χ1n) is 9.17. The highest BCUT2D eigenvalue weighted by Crippen LogP contribution is 2.23. The van der Waals surface area contributed by atoms with E-state index in [1.807, 2.05) is 36.4 Å². The van der Waals surface area contributed by atoms with E-state index >= 15 is 0 Å². The first-order valence-corrected chi connectivity index (χ1v) is 9.17. The quantitative estimate of drug-likeness (QED) is 0.815. The molecule has 6 nitrogen and oxygen atoms in total. The highest BCUT2D eigenvalue weighted by Gasteiger charge is 2.23.